The number of nitrogens with one attached hydrogen (secondary N) is 1. The van der Waals surface area contributed by atoms with E-state index in [9.17, 15) is 24.8 Å². The number of hydrogen-bond donors (Lipinski definition) is 2. The lowest BCUT2D eigenvalue weighted by Crippen LogP contribution is -2.16. The van der Waals surface area contributed by atoms with Gasteiger partial charge in [-0.1, -0.05) is 24.3 Å². The standard InChI is InChI=1S/C20H16N2O7/c1-2-28-20(25)17-18(24)16(29-19(17)21-13-6-4-3-5-7-13)11-12-8-9-15(23)14(10-12)22(26)27/h3-11,21,23H,2H2,1H3/b16-11-. The smallest absolute Gasteiger partial charge is 0.347 e. The van der Waals surface area contributed by atoms with Gasteiger partial charge in [0.05, 0.1) is 11.5 Å². The van der Waals surface area contributed by atoms with Gasteiger partial charge in [-0.15, -0.1) is 0 Å². The van der Waals surface area contributed by atoms with E-state index in [1.165, 1.54) is 12.1 Å². The molecule has 0 atom stereocenters. The Morgan fingerprint density at radius 1 is 1.28 bits per heavy atom. The highest BCUT2D eigenvalue weighted by atomic mass is 16.6. The molecule has 0 saturated heterocycles. The minimum atomic E-state index is -0.851. The van der Waals surface area contributed by atoms with E-state index in [2.05, 4.69) is 5.32 Å². The number of hydrogen-bond acceptors (Lipinski definition) is 8. The van der Waals surface area contributed by atoms with E-state index in [4.69, 9.17) is 9.47 Å². The van der Waals surface area contributed by atoms with Gasteiger partial charge in [0.2, 0.25) is 11.7 Å². The highest BCUT2D eigenvalue weighted by molar-refractivity contribution is 6.26. The van der Waals surface area contributed by atoms with Crippen LogP contribution in [0.4, 0.5) is 11.4 Å². The minimum Gasteiger partial charge on any atom is -0.502 e. The van der Waals surface area contributed by atoms with Gasteiger partial charge in [0, 0.05) is 11.8 Å². The van der Waals surface area contributed by atoms with Gasteiger partial charge in [-0.3, -0.25) is 14.9 Å². The Morgan fingerprint density at radius 3 is 2.66 bits per heavy atom. The van der Waals surface area contributed by atoms with Gasteiger partial charge in [0.1, 0.15) is 0 Å². The van der Waals surface area contributed by atoms with Crippen LogP contribution in [0, 0.1) is 10.1 Å². The number of phenols is 1. The molecule has 0 fully saturated rings. The number of ketones is 1. The summed E-state index contributed by atoms with van der Waals surface area (Å²) in [5.74, 6) is -2.40. The Balaban J connectivity index is 1.96. The van der Waals surface area contributed by atoms with Crippen molar-refractivity contribution in [3.8, 4) is 5.75 Å². The fraction of sp³-hybridized carbons (Fsp3) is 0.100. The molecule has 29 heavy (non-hydrogen) atoms. The zero-order valence-corrected chi connectivity index (χ0v) is 15.2. The quantitative estimate of drug-likeness (QED) is 0.251. The molecule has 1 aliphatic rings. The van der Waals surface area contributed by atoms with Gasteiger partial charge in [0.25, 0.3) is 0 Å². The molecule has 0 amide bonds. The molecule has 1 heterocycles. The predicted molar refractivity (Wildman–Crippen MR) is 103 cm³/mol. The molecule has 148 valence electrons. The number of nitro groups is 1. The number of esters is 1. The second kappa shape index (κ2) is 8.26. The third-order valence-electron chi connectivity index (χ3n) is 3.90. The number of rotatable bonds is 6. The maximum Gasteiger partial charge on any atom is 0.347 e. The van der Waals surface area contributed by atoms with Gasteiger partial charge in [-0.2, -0.15) is 0 Å². The van der Waals surface area contributed by atoms with Crippen LogP contribution >= 0.6 is 0 Å². The molecule has 1 aliphatic heterocycles. The molecular formula is C20H16N2O7. The van der Waals surface area contributed by atoms with Crippen molar-refractivity contribution in [1.82, 2.24) is 0 Å². The lowest BCUT2D eigenvalue weighted by molar-refractivity contribution is -0.385. The lowest BCUT2D eigenvalue weighted by Gasteiger charge is -2.08. The first-order chi connectivity index (χ1) is 13.9. The molecule has 3 rings (SSSR count). The second-order valence-electron chi connectivity index (χ2n) is 5.86. The molecule has 0 bridgehead atoms. The average molecular weight is 396 g/mol. The van der Waals surface area contributed by atoms with Crippen molar-refractivity contribution in [2.45, 2.75) is 6.92 Å². The summed E-state index contributed by atoms with van der Waals surface area (Å²) in [5, 5.41) is 23.4. The van der Waals surface area contributed by atoms with Gasteiger partial charge < -0.3 is 19.9 Å². The summed E-state index contributed by atoms with van der Waals surface area (Å²) in [6.45, 7) is 1.67. The number of carbonyl (C=O) groups is 2. The molecule has 9 heteroatoms. The van der Waals surface area contributed by atoms with Crippen LogP contribution in [0.15, 0.2) is 65.7 Å². The van der Waals surface area contributed by atoms with Gasteiger partial charge in [-0.05, 0) is 36.8 Å². The SMILES string of the molecule is CCOC(=O)C1=C(Nc2ccccc2)O/C(=C\c2ccc(O)c([N+](=O)[O-])c2)C1=O. The minimum absolute atomic E-state index is 0.0669. The van der Waals surface area contributed by atoms with Gasteiger partial charge in [-0.25, -0.2) is 4.79 Å². The summed E-state index contributed by atoms with van der Waals surface area (Å²) in [5.41, 5.74) is -0.0122. The average Bonchev–Trinajstić information content (AvgIpc) is 2.99. The summed E-state index contributed by atoms with van der Waals surface area (Å²) in [6, 6.07) is 12.3. The van der Waals surface area contributed by atoms with Crippen LogP contribution in [0.2, 0.25) is 0 Å². The van der Waals surface area contributed by atoms with E-state index in [1.54, 1.807) is 37.3 Å². The van der Waals surface area contributed by atoms with E-state index in [-0.39, 0.29) is 29.4 Å². The van der Waals surface area contributed by atoms with Crippen molar-refractivity contribution in [3.63, 3.8) is 0 Å². The second-order valence-corrected chi connectivity index (χ2v) is 5.86. The molecule has 0 saturated carbocycles. The number of anilines is 1. The number of Topliss-reactive ketones (excluding diaryl/α,β-unsaturated/α-hetero) is 1. The number of nitrogens with zero attached hydrogens (tertiary/aromatic N) is 1. The van der Waals surface area contributed by atoms with Crippen LogP contribution in [0.3, 0.4) is 0 Å². The summed E-state index contributed by atoms with van der Waals surface area (Å²) in [7, 11) is 0. The van der Waals surface area contributed by atoms with Crippen molar-refractivity contribution in [3.05, 3.63) is 81.4 Å². The largest absolute Gasteiger partial charge is 0.502 e. The first-order valence-electron chi connectivity index (χ1n) is 8.55. The van der Waals surface area contributed by atoms with Crippen LogP contribution in [-0.2, 0) is 19.1 Å². The van der Waals surface area contributed by atoms with E-state index in [0.29, 0.717) is 5.69 Å². The van der Waals surface area contributed by atoms with E-state index in [1.807, 2.05) is 0 Å². The summed E-state index contributed by atoms with van der Waals surface area (Å²) >= 11 is 0. The molecule has 2 aromatic carbocycles. The number of ether oxygens (including phenoxy) is 2. The molecular weight excluding hydrogens is 380 g/mol. The number of benzene rings is 2. The topological polar surface area (TPSA) is 128 Å². The lowest BCUT2D eigenvalue weighted by atomic mass is 10.1. The maximum atomic E-state index is 12.7. The Morgan fingerprint density at radius 2 is 2.00 bits per heavy atom. The van der Waals surface area contributed by atoms with Crippen molar-refractivity contribution < 1.29 is 29.1 Å². The Kier molecular flexibility index (Phi) is 5.59. The molecule has 2 aromatic rings. The third kappa shape index (κ3) is 4.24. The van der Waals surface area contributed by atoms with Crippen molar-refractivity contribution in [2.75, 3.05) is 11.9 Å². The van der Waals surface area contributed by atoms with Crippen LogP contribution in [0.1, 0.15) is 12.5 Å². The zero-order chi connectivity index (χ0) is 21.0. The molecule has 0 radical (unpaired) electrons. The van der Waals surface area contributed by atoms with Crippen LogP contribution in [0.5, 0.6) is 5.75 Å². The number of carbonyl (C=O) groups excluding carboxylic acids is 2. The maximum absolute atomic E-state index is 12.7. The van der Waals surface area contributed by atoms with Gasteiger partial charge >= 0.3 is 11.7 Å². The van der Waals surface area contributed by atoms with Crippen molar-refractivity contribution in [1.29, 1.82) is 0 Å². The third-order valence-corrected chi connectivity index (χ3v) is 3.90. The van der Waals surface area contributed by atoms with E-state index < -0.39 is 28.1 Å². The van der Waals surface area contributed by atoms with Crippen molar-refractivity contribution in [2.24, 2.45) is 0 Å². The number of nitro benzene ring substituents is 1. The fourth-order valence-electron chi connectivity index (χ4n) is 2.59. The fourth-order valence-corrected chi connectivity index (χ4v) is 2.59. The van der Waals surface area contributed by atoms with Gasteiger partial charge in [0.15, 0.2) is 17.1 Å². The van der Waals surface area contributed by atoms with Crippen LogP contribution < -0.4 is 5.32 Å². The highest BCUT2D eigenvalue weighted by Gasteiger charge is 2.37. The molecule has 9 nitrogen and oxygen atoms in total. The normalized spacial score (nSPS) is 14.7. The first kappa shape index (κ1) is 19.6. The molecule has 0 spiro atoms. The Bertz CT molecular complexity index is 1040. The zero-order valence-electron chi connectivity index (χ0n) is 15.2. The summed E-state index contributed by atoms with van der Waals surface area (Å²) < 4.78 is 10.5. The summed E-state index contributed by atoms with van der Waals surface area (Å²) in [6.07, 6.45) is 1.24. The Hall–Kier alpha value is -4.14. The molecule has 0 aromatic heterocycles. The number of para-hydroxylation sites is 1. The first-order valence-corrected chi connectivity index (χ1v) is 8.55. The van der Waals surface area contributed by atoms with E-state index >= 15 is 0 Å². The summed E-state index contributed by atoms with van der Waals surface area (Å²) in [4.78, 5) is 35.2. The number of phenolic OH excluding ortho intramolecular Hbond substituents is 1. The number of allylic oxidation sites excluding steroid dienone is 1. The predicted octanol–water partition coefficient (Wildman–Crippen LogP) is 3.13. The van der Waals surface area contributed by atoms with Crippen molar-refractivity contribution >= 4 is 29.2 Å². The van der Waals surface area contributed by atoms with Crippen LogP contribution in [0.25, 0.3) is 6.08 Å². The van der Waals surface area contributed by atoms with E-state index in [0.717, 1.165) is 12.1 Å². The molecule has 0 unspecified atom stereocenters. The monoisotopic (exact) mass is 396 g/mol. The molecule has 2 N–H and O–H groups in total. The highest BCUT2D eigenvalue weighted by Crippen LogP contribution is 2.31. The van der Waals surface area contributed by atoms with Crippen LogP contribution in [-0.4, -0.2) is 28.4 Å². The molecule has 0 aliphatic carbocycles. The number of aromatic hydroxyl groups is 1. The Labute approximate surface area is 165 Å².